The zero-order chi connectivity index (χ0) is 14.0. The third-order valence-corrected chi connectivity index (χ3v) is 3.93. The largest absolute Gasteiger partial charge is 0.468 e. The molecule has 19 heavy (non-hydrogen) atoms. The van der Waals surface area contributed by atoms with E-state index in [1.54, 1.807) is 11.8 Å². The van der Waals surface area contributed by atoms with Gasteiger partial charge in [0.05, 0.1) is 12.3 Å². The highest BCUT2D eigenvalue weighted by molar-refractivity contribution is 5.17. The monoisotopic (exact) mass is 262 g/mol. The van der Waals surface area contributed by atoms with E-state index in [-0.39, 0.29) is 17.5 Å². The minimum atomic E-state index is 0.0655. The smallest absolute Gasteiger partial charge is 0.122 e. The molecular formula is C16H26N2O. The lowest BCUT2D eigenvalue weighted by Gasteiger charge is -2.37. The van der Waals surface area contributed by atoms with E-state index in [1.807, 2.05) is 12.1 Å². The Morgan fingerprint density at radius 2 is 2.11 bits per heavy atom. The predicted molar refractivity (Wildman–Crippen MR) is 78.8 cm³/mol. The highest BCUT2D eigenvalue weighted by Crippen LogP contribution is 2.33. The average Bonchev–Trinajstić information content (AvgIpc) is 2.82. The Morgan fingerprint density at radius 3 is 2.53 bits per heavy atom. The Morgan fingerprint density at radius 1 is 1.37 bits per heavy atom. The van der Waals surface area contributed by atoms with Gasteiger partial charge in [0.1, 0.15) is 5.76 Å². The summed E-state index contributed by atoms with van der Waals surface area (Å²) in [6.45, 7) is 10.9. The van der Waals surface area contributed by atoms with E-state index in [2.05, 4.69) is 38.7 Å². The summed E-state index contributed by atoms with van der Waals surface area (Å²) in [6.07, 6.45) is 5.21. The molecule has 1 aliphatic heterocycles. The van der Waals surface area contributed by atoms with E-state index >= 15 is 0 Å². The van der Waals surface area contributed by atoms with Gasteiger partial charge in [-0.1, -0.05) is 32.4 Å². The lowest BCUT2D eigenvalue weighted by Crippen LogP contribution is -2.42. The van der Waals surface area contributed by atoms with Gasteiger partial charge in [-0.15, -0.1) is 0 Å². The van der Waals surface area contributed by atoms with Crippen molar-refractivity contribution in [1.82, 2.24) is 4.90 Å². The molecule has 2 N–H and O–H groups in total. The molecule has 0 spiro atoms. The van der Waals surface area contributed by atoms with Gasteiger partial charge in [0.25, 0.3) is 0 Å². The van der Waals surface area contributed by atoms with E-state index in [9.17, 15) is 0 Å². The standard InChI is InChI=1S/C16H26N2O/c1-12(17)15(14-6-5-11-19-14)18-9-7-13(8-10-18)16(2,3)4/h5-7,11-12,15H,8-10,17H2,1-4H3. The molecule has 0 saturated heterocycles. The van der Waals surface area contributed by atoms with Crippen LogP contribution in [0.2, 0.25) is 0 Å². The van der Waals surface area contributed by atoms with Gasteiger partial charge in [0, 0.05) is 19.1 Å². The second-order valence-corrected chi connectivity index (χ2v) is 6.54. The molecule has 3 nitrogen and oxygen atoms in total. The maximum atomic E-state index is 6.16. The Balaban J connectivity index is 2.13. The average molecular weight is 262 g/mol. The van der Waals surface area contributed by atoms with Crippen LogP contribution in [0.4, 0.5) is 0 Å². The lowest BCUT2D eigenvalue weighted by atomic mass is 9.82. The summed E-state index contributed by atoms with van der Waals surface area (Å²) in [5, 5.41) is 0. The predicted octanol–water partition coefficient (Wildman–Crippen LogP) is 3.35. The van der Waals surface area contributed by atoms with Gasteiger partial charge in [-0.3, -0.25) is 4.90 Å². The molecule has 106 valence electrons. The van der Waals surface area contributed by atoms with E-state index in [1.165, 1.54) is 0 Å². The van der Waals surface area contributed by atoms with Crippen LogP contribution in [0.15, 0.2) is 34.5 Å². The Labute approximate surface area is 116 Å². The molecule has 0 aliphatic carbocycles. The van der Waals surface area contributed by atoms with Crippen molar-refractivity contribution >= 4 is 0 Å². The first-order chi connectivity index (χ1) is 8.89. The Kier molecular flexibility index (Phi) is 4.16. The quantitative estimate of drug-likeness (QED) is 0.849. The molecule has 0 radical (unpaired) electrons. The summed E-state index contributed by atoms with van der Waals surface area (Å²) < 4.78 is 5.56. The fourth-order valence-electron chi connectivity index (χ4n) is 2.85. The molecule has 2 atom stereocenters. The first-order valence-electron chi connectivity index (χ1n) is 7.12. The molecule has 1 aromatic heterocycles. The molecule has 2 heterocycles. The fraction of sp³-hybridized carbons (Fsp3) is 0.625. The maximum Gasteiger partial charge on any atom is 0.122 e. The summed E-state index contributed by atoms with van der Waals surface area (Å²) in [6, 6.07) is 4.20. The molecule has 3 heteroatoms. The summed E-state index contributed by atoms with van der Waals surface area (Å²) >= 11 is 0. The normalized spacial score (nSPS) is 21.0. The third kappa shape index (κ3) is 3.28. The van der Waals surface area contributed by atoms with E-state index in [0.29, 0.717) is 0 Å². The molecular weight excluding hydrogens is 236 g/mol. The summed E-state index contributed by atoms with van der Waals surface area (Å²) in [4.78, 5) is 2.42. The second-order valence-electron chi connectivity index (χ2n) is 6.54. The summed E-state index contributed by atoms with van der Waals surface area (Å²) in [7, 11) is 0. The number of hydrogen-bond acceptors (Lipinski definition) is 3. The van der Waals surface area contributed by atoms with Crippen molar-refractivity contribution in [3.63, 3.8) is 0 Å². The zero-order valence-corrected chi connectivity index (χ0v) is 12.5. The molecule has 0 amide bonds. The van der Waals surface area contributed by atoms with Crippen LogP contribution >= 0.6 is 0 Å². The van der Waals surface area contributed by atoms with Gasteiger partial charge in [0.15, 0.2) is 0 Å². The van der Waals surface area contributed by atoms with Crippen LogP contribution in [0.5, 0.6) is 0 Å². The van der Waals surface area contributed by atoms with E-state index < -0.39 is 0 Å². The minimum absolute atomic E-state index is 0.0655. The van der Waals surface area contributed by atoms with Crippen molar-refractivity contribution in [2.45, 2.75) is 46.2 Å². The summed E-state index contributed by atoms with van der Waals surface area (Å²) in [5.74, 6) is 0.975. The van der Waals surface area contributed by atoms with Crippen molar-refractivity contribution in [3.05, 3.63) is 35.8 Å². The molecule has 0 aromatic carbocycles. The number of hydrogen-bond donors (Lipinski definition) is 1. The fourth-order valence-corrected chi connectivity index (χ4v) is 2.85. The lowest BCUT2D eigenvalue weighted by molar-refractivity contribution is 0.162. The maximum absolute atomic E-state index is 6.16. The van der Waals surface area contributed by atoms with Gasteiger partial charge >= 0.3 is 0 Å². The van der Waals surface area contributed by atoms with Crippen molar-refractivity contribution in [2.24, 2.45) is 11.1 Å². The highest BCUT2D eigenvalue weighted by atomic mass is 16.3. The minimum Gasteiger partial charge on any atom is -0.468 e. The second kappa shape index (κ2) is 5.51. The van der Waals surface area contributed by atoms with Gasteiger partial charge in [-0.2, -0.15) is 0 Å². The van der Waals surface area contributed by atoms with Gasteiger partial charge in [-0.25, -0.2) is 0 Å². The van der Waals surface area contributed by atoms with Crippen LogP contribution in [-0.2, 0) is 0 Å². The Hall–Kier alpha value is -1.06. The van der Waals surface area contributed by atoms with Crippen LogP contribution in [0, 0.1) is 5.41 Å². The molecule has 2 rings (SSSR count). The van der Waals surface area contributed by atoms with Gasteiger partial charge in [-0.05, 0) is 30.9 Å². The van der Waals surface area contributed by atoms with Crippen molar-refractivity contribution < 1.29 is 4.42 Å². The number of rotatable bonds is 3. The van der Waals surface area contributed by atoms with Gasteiger partial charge in [0.2, 0.25) is 0 Å². The van der Waals surface area contributed by atoms with Crippen LogP contribution < -0.4 is 5.73 Å². The molecule has 0 saturated carbocycles. The van der Waals surface area contributed by atoms with E-state index in [4.69, 9.17) is 10.2 Å². The third-order valence-electron chi connectivity index (χ3n) is 3.93. The number of nitrogens with zero attached hydrogens (tertiary/aromatic N) is 1. The molecule has 1 aliphatic rings. The number of furan rings is 1. The molecule has 0 bridgehead atoms. The van der Waals surface area contributed by atoms with Crippen molar-refractivity contribution in [2.75, 3.05) is 13.1 Å². The topological polar surface area (TPSA) is 42.4 Å². The first kappa shape index (κ1) is 14.4. The number of nitrogens with two attached hydrogens (primary N) is 1. The molecule has 2 unspecified atom stereocenters. The molecule has 1 aromatic rings. The van der Waals surface area contributed by atoms with Crippen molar-refractivity contribution in [1.29, 1.82) is 0 Å². The molecule has 0 fully saturated rings. The highest BCUT2D eigenvalue weighted by Gasteiger charge is 2.29. The SMILES string of the molecule is CC(N)C(c1ccco1)N1CC=C(C(C)(C)C)CC1. The summed E-state index contributed by atoms with van der Waals surface area (Å²) in [5.41, 5.74) is 7.98. The Bertz CT molecular complexity index is 426. The van der Waals surface area contributed by atoms with Crippen LogP contribution in [0.25, 0.3) is 0 Å². The first-order valence-corrected chi connectivity index (χ1v) is 7.12. The van der Waals surface area contributed by atoms with Crippen molar-refractivity contribution in [3.8, 4) is 0 Å². The zero-order valence-electron chi connectivity index (χ0n) is 12.5. The van der Waals surface area contributed by atoms with Crippen LogP contribution in [0.1, 0.15) is 45.9 Å². The van der Waals surface area contributed by atoms with Gasteiger partial charge < -0.3 is 10.2 Å². The van der Waals surface area contributed by atoms with E-state index in [0.717, 1.165) is 25.3 Å². The van der Waals surface area contributed by atoms with Crippen LogP contribution in [0.3, 0.4) is 0 Å². The van der Waals surface area contributed by atoms with Crippen LogP contribution in [-0.4, -0.2) is 24.0 Å².